The predicted molar refractivity (Wildman–Crippen MR) is 77.0 cm³/mol. The van der Waals surface area contributed by atoms with Crippen LogP contribution in [0.2, 0.25) is 0 Å². The van der Waals surface area contributed by atoms with Crippen molar-refractivity contribution in [2.75, 3.05) is 5.75 Å². The van der Waals surface area contributed by atoms with Crippen LogP contribution in [-0.2, 0) is 6.42 Å². The normalized spacial score (nSPS) is 10.5. The van der Waals surface area contributed by atoms with Crippen LogP contribution in [0.5, 0.6) is 0 Å². The van der Waals surface area contributed by atoms with Crippen molar-refractivity contribution in [1.82, 2.24) is 0 Å². The lowest BCUT2D eigenvalue weighted by molar-refractivity contribution is 0.628. The van der Waals surface area contributed by atoms with E-state index in [0.29, 0.717) is 0 Å². The Kier molecular flexibility index (Phi) is 4.51. The first-order chi connectivity index (χ1) is 8.29. The van der Waals surface area contributed by atoms with E-state index in [-0.39, 0.29) is 5.82 Å². The fourth-order valence-electron chi connectivity index (χ4n) is 1.67. The molecule has 0 nitrogen and oxygen atoms in total. The van der Waals surface area contributed by atoms with E-state index < -0.39 is 0 Å². The minimum Gasteiger partial charge on any atom is -0.207 e. The second-order valence-electron chi connectivity index (χ2n) is 3.79. The molecule has 0 aliphatic carbocycles. The highest BCUT2D eigenvalue weighted by atomic mass is 33.1. The van der Waals surface area contributed by atoms with Gasteiger partial charge in [0.25, 0.3) is 0 Å². The van der Waals surface area contributed by atoms with Crippen LogP contribution < -0.4 is 0 Å². The molecule has 0 aliphatic heterocycles. The van der Waals surface area contributed by atoms with Crippen LogP contribution >= 0.6 is 22.5 Å². The molecule has 17 heavy (non-hydrogen) atoms. The molecule has 0 amide bonds. The van der Waals surface area contributed by atoms with Gasteiger partial charge in [-0.25, -0.2) is 4.39 Å². The largest absolute Gasteiger partial charge is 0.207 e. The number of benzene rings is 2. The Morgan fingerprint density at radius 1 is 0.882 bits per heavy atom. The van der Waals surface area contributed by atoms with Gasteiger partial charge in [0.2, 0.25) is 0 Å². The maximum absolute atomic E-state index is 12.8. The molecule has 0 aromatic heterocycles. The quantitative estimate of drug-likeness (QED) is 0.621. The molecule has 0 atom stereocenters. The summed E-state index contributed by atoms with van der Waals surface area (Å²) in [4.78, 5) is 0. The van der Waals surface area contributed by atoms with E-state index in [1.165, 1.54) is 17.7 Å². The number of aryl methyl sites for hydroxylation is 1. The molecule has 0 N–H and O–H groups in total. The third kappa shape index (κ3) is 3.51. The van der Waals surface area contributed by atoms with Crippen molar-refractivity contribution < 1.29 is 4.39 Å². The van der Waals surface area contributed by atoms with Gasteiger partial charge in [-0.3, -0.25) is 0 Å². The zero-order valence-corrected chi connectivity index (χ0v) is 11.0. The molecule has 2 rings (SSSR count). The van der Waals surface area contributed by atoms with Crippen LogP contribution in [0.1, 0.15) is 5.56 Å². The van der Waals surface area contributed by atoms with Crippen LogP contribution in [0.15, 0.2) is 48.5 Å². The molecular weight excluding hydrogens is 251 g/mol. The molecule has 0 aliphatic rings. The second kappa shape index (κ2) is 6.12. The Morgan fingerprint density at radius 2 is 1.41 bits per heavy atom. The first-order valence-corrected chi connectivity index (χ1v) is 7.44. The monoisotopic (exact) mass is 264 g/mol. The van der Waals surface area contributed by atoms with Crippen LogP contribution in [0.25, 0.3) is 11.1 Å². The number of thiol groups is 1. The van der Waals surface area contributed by atoms with Gasteiger partial charge in [-0.05, 0) is 35.2 Å². The van der Waals surface area contributed by atoms with E-state index in [2.05, 4.69) is 35.9 Å². The zero-order valence-electron chi connectivity index (χ0n) is 9.27. The Labute approximate surface area is 110 Å². The summed E-state index contributed by atoms with van der Waals surface area (Å²) in [7, 11) is 1.55. The molecule has 3 heteroatoms. The van der Waals surface area contributed by atoms with Crippen molar-refractivity contribution in [2.45, 2.75) is 6.42 Å². The lowest BCUT2D eigenvalue weighted by Crippen LogP contribution is -1.87. The van der Waals surface area contributed by atoms with Crippen LogP contribution in [0.4, 0.5) is 4.39 Å². The van der Waals surface area contributed by atoms with Crippen LogP contribution in [0, 0.1) is 5.82 Å². The molecule has 88 valence electrons. The van der Waals surface area contributed by atoms with Gasteiger partial charge in [-0.1, -0.05) is 47.2 Å². The third-order valence-electron chi connectivity index (χ3n) is 2.61. The van der Waals surface area contributed by atoms with E-state index in [0.717, 1.165) is 23.3 Å². The van der Waals surface area contributed by atoms with Gasteiger partial charge in [-0.2, -0.15) is 0 Å². The highest BCUT2D eigenvalue weighted by Crippen LogP contribution is 2.20. The van der Waals surface area contributed by atoms with Crippen molar-refractivity contribution in [1.29, 1.82) is 0 Å². The van der Waals surface area contributed by atoms with Gasteiger partial charge < -0.3 is 0 Å². The molecule has 0 bridgehead atoms. The summed E-state index contributed by atoms with van der Waals surface area (Å²) in [5, 5.41) is 0. The molecule has 0 unspecified atom stereocenters. The highest BCUT2D eigenvalue weighted by Gasteiger charge is 1.98. The van der Waals surface area contributed by atoms with Crippen molar-refractivity contribution in [3.63, 3.8) is 0 Å². The van der Waals surface area contributed by atoms with E-state index in [4.69, 9.17) is 0 Å². The van der Waals surface area contributed by atoms with Gasteiger partial charge in [0.15, 0.2) is 0 Å². The Hall–Kier alpha value is -0.930. The maximum Gasteiger partial charge on any atom is 0.123 e. The Bertz CT molecular complexity index is 463. The van der Waals surface area contributed by atoms with E-state index >= 15 is 0 Å². The topological polar surface area (TPSA) is 0 Å². The minimum absolute atomic E-state index is 0.198. The molecule has 2 aromatic carbocycles. The van der Waals surface area contributed by atoms with Crippen molar-refractivity contribution in [2.24, 2.45) is 0 Å². The highest BCUT2D eigenvalue weighted by molar-refractivity contribution is 8.68. The Balaban J connectivity index is 2.14. The standard InChI is InChI=1S/C14H13FS2/c15-14-7-5-13(6-8-14)12-3-1-11(2-4-12)9-10-17-16/h1-8,16H,9-10H2. The molecule has 0 radical (unpaired) electrons. The molecule has 0 heterocycles. The lowest BCUT2D eigenvalue weighted by Gasteiger charge is -2.04. The summed E-state index contributed by atoms with van der Waals surface area (Å²) in [5.74, 6) is 0.815. The first kappa shape index (κ1) is 12.5. The van der Waals surface area contributed by atoms with Gasteiger partial charge in [0, 0.05) is 5.75 Å². The summed E-state index contributed by atoms with van der Waals surface area (Å²) < 4.78 is 12.8. The van der Waals surface area contributed by atoms with Crippen molar-refractivity contribution in [3.8, 4) is 11.1 Å². The Morgan fingerprint density at radius 3 is 1.94 bits per heavy atom. The summed E-state index contributed by atoms with van der Waals surface area (Å²) >= 11 is 4.12. The smallest absolute Gasteiger partial charge is 0.123 e. The van der Waals surface area contributed by atoms with Gasteiger partial charge in [0.05, 0.1) is 0 Å². The van der Waals surface area contributed by atoms with Gasteiger partial charge >= 0.3 is 0 Å². The summed E-state index contributed by atoms with van der Waals surface area (Å²) in [5.41, 5.74) is 3.46. The van der Waals surface area contributed by atoms with Crippen molar-refractivity contribution in [3.05, 3.63) is 59.9 Å². The number of halogens is 1. The molecule has 0 fully saturated rings. The maximum atomic E-state index is 12.8. The third-order valence-corrected chi connectivity index (χ3v) is 3.55. The van der Waals surface area contributed by atoms with Crippen LogP contribution in [-0.4, -0.2) is 5.75 Å². The van der Waals surface area contributed by atoms with E-state index in [1.807, 2.05) is 0 Å². The van der Waals surface area contributed by atoms with E-state index in [9.17, 15) is 4.39 Å². The summed E-state index contributed by atoms with van der Waals surface area (Å²) in [6, 6.07) is 15.0. The predicted octanol–water partition coefficient (Wildman–Crippen LogP) is 4.61. The van der Waals surface area contributed by atoms with Crippen molar-refractivity contribution >= 4 is 22.5 Å². The first-order valence-electron chi connectivity index (χ1n) is 5.41. The SMILES string of the molecule is Fc1ccc(-c2ccc(CCSS)cc2)cc1. The molecular formula is C14H13FS2. The zero-order chi connectivity index (χ0) is 12.1. The number of hydrogen-bond acceptors (Lipinski definition) is 2. The lowest BCUT2D eigenvalue weighted by atomic mass is 10.0. The van der Waals surface area contributed by atoms with E-state index in [1.54, 1.807) is 22.9 Å². The average molecular weight is 264 g/mol. The summed E-state index contributed by atoms with van der Waals surface area (Å²) in [6.45, 7) is 0. The fraction of sp³-hybridized carbons (Fsp3) is 0.143. The number of rotatable bonds is 4. The second-order valence-corrected chi connectivity index (χ2v) is 5.23. The molecule has 0 saturated heterocycles. The molecule has 0 spiro atoms. The molecule has 0 saturated carbocycles. The number of hydrogen-bond donors (Lipinski definition) is 1. The van der Waals surface area contributed by atoms with Crippen LogP contribution in [0.3, 0.4) is 0 Å². The fourth-order valence-corrected chi connectivity index (χ4v) is 2.27. The molecule has 2 aromatic rings. The minimum atomic E-state index is -0.198. The average Bonchev–Trinajstić information content (AvgIpc) is 2.38. The summed E-state index contributed by atoms with van der Waals surface area (Å²) in [6.07, 6.45) is 1.03. The van der Waals surface area contributed by atoms with Gasteiger partial charge in [-0.15, -0.1) is 11.7 Å². The van der Waals surface area contributed by atoms with Gasteiger partial charge in [0.1, 0.15) is 5.82 Å².